The molecule has 13 heavy (non-hydrogen) atoms. The molecule has 4 heteroatoms. The van der Waals surface area contributed by atoms with E-state index < -0.39 is 0 Å². The van der Waals surface area contributed by atoms with E-state index in [4.69, 9.17) is 0 Å². The highest BCUT2D eigenvalue weighted by atomic mass is 15.5. The fourth-order valence-electron chi connectivity index (χ4n) is 2.38. The van der Waals surface area contributed by atoms with Crippen molar-refractivity contribution in [3.8, 4) is 0 Å². The minimum atomic E-state index is 0.492. The van der Waals surface area contributed by atoms with Gasteiger partial charge in [-0.05, 0) is 13.1 Å². The third-order valence-electron chi connectivity index (χ3n) is 3.05. The molecule has 0 aliphatic carbocycles. The lowest BCUT2D eigenvalue weighted by atomic mass is 9.80. The summed E-state index contributed by atoms with van der Waals surface area (Å²) in [5.41, 5.74) is 0.492. The summed E-state index contributed by atoms with van der Waals surface area (Å²) in [5, 5.41) is 5.95. The first kappa shape index (κ1) is 8.69. The van der Waals surface area contributed by atoms with E-state index in [2.05, 4.69) is 28.4 Å². The molecule has 2 rings (SSSR count). The average Bonchev–Trinajstić information content (AvgIpc) is 2.46. The molecule has 72 valence electrons. The molecule has 0 aromatic carbocycles. The Morgan fingerprint density at radius 3 is 2.62 bits per heavy atom. The highest BCUT2D eigenvalue weighted by Gasteiger charge is 2.47. The van der Waals surface area contributed by atoms with Crippen LogP contribution in [-0.4, -0.2) is 56.2 Å². The third-order valence-corrected chi connectivity index (χ3v) is 3.05. The third kappa shape index (κ3) is 1.46. The quantitative estimate of drug-likeness (QED) is 0.584. The van der Waals surface area contributed by atoms with E-state index >= 15 is 0 Å². The predicted molar refractivity (Wildman–Crippen MR) is 54.2 cm³/mol. The topological polar surface area (TPSA) is 31.2 Å². The summed E-state index contributed by atoms with van der Waals surface area (Å²) in [5.74, 6) is 0. The van der Waals surface area contributed by atoms with Gasteiger partial charge < -0.3 is 0 Å². The van der Waals surface area contributed by atoms with E-state index in [0.29, 0.717) is 5.41 Å². The van der Waals surface area contributed by atoms with Gasteiger partial charge >= 0.3 is 0 Å². The van der Waals surface area contributed by atoms with E-state index in [1.807, 2.05) is 5.01 Å². The van der Waals surface area contributed by atoms with Crippen LogP contribution in [0.5, 0.6) is 0 Å². The first-order valence-electron chi connectivity index (χ1n) is 4.64. The molecule has 2 aliphatic heterocycles. The Kier molecular flexibility index (Phi) is 2.07. The normalized spacial score (nSPS) is 26.0. The highest BCUT2D eigenvalue weighted by molar-refractivity contribution is 5.23. The molecular weight excluding hydrogens is 164 g/mol. The van der Waals surface area contributed by atoms with Crippen molar-refractivity contribution in [2.45, 2.75) is 6.42 Å². The Balaban J connectivity index is 1.85. The van der Waals surface area contributed by atoms with Crippen LogP contribution in [0.2, 0.25) is 0 Å². The SMILES string of the molecule is C=NCN1CCC2(C1)CN(N=C)C2. The first-order chi connectivity index (χ1) is 6.28. The predicted octanol–water partition coefficient (Wildman–Crippen LogP) is 0.268. The van der Waals surface area contributed by atoms with Crippen LogP contribution in [0.25, 0.3) is 0 Å². The van der Waals surface area contributed by atoms with Gasteiger partial charge in [-0.25, -0.2) is 0 Å². The van der Waals surface area contributed by atoms with Crippen LogP contribution in [0.1, 0.15) is 6.42 Å². The summed E-state index contributed by atoms with van der Waals surface area (Å²) in [4.78, 5) is 6.26. The second kappa shape index (κ2) is 3.10. The molecule has 0 saturated carbocycles. The molecule has 0 aromatic rings. The van der Waals surface area contributed by atoms with Crippen LogP contribution in [0.4, 0.5) is 0 Å². The smallest absolute Gasteiger partial charge is 0.0902 e. The number of hydrogen-bond donors (Lipinski definition) is 0. The van der Waals surface area contributed by atoms with Crippen molar-refractivity contribution in [1.82, 2.24) is 9.91 Å². The van der Waals surface area contributed by atoms with Gasteiger partial charge in [0.25, 0.3) is 0 Å². The molecular formula is C9H16N4. The van der Waals surface area contributed by atoms with Crippen LogP contribution in [0.3, 0.4) is 0 Å². The number of aliphatic imine (C=N–C) groups is 1. The Hall–Kier alpha value is -0.900. The molecule has 2 saturated heterocycles. The summed E-state index contributed by atoms with van der Waals surface area (Å²) in [6.45, 7) is 12.3. The Labute approximate surface area is 78.9 Å². The van der Waals surface area contributed by atoms with Gasteiger partial charge in [-0.1, -0.05) is 0 Å². The van der Waals surface area contributed by atoms with Gasteiger partial charge in [-0.2, -0.15) is 5.10 Å². The number of hydrazone groups is 1. The minimum absolute atomic E-state index is 0.492. The van der Waals surface area contributed by atoms with Crippen LogP contribution >= 0.6 is 0 Å². The van der Waals surface area contributed by atoms with Crippen molar-refractivity contribution in [2.75, 3.05) is 32.8 Å². The van der Waals surface area contributed by atoms with Gasteiger partial charge in [0.1, 0.15) is 0 Å². The maximum absolute atomic E-state index is 3.91. The van der Waals surface area contributed by atoms with E-state index in [1.54, 1.807) is 0 Å². The van der Waals surface area contributed by atoms with Crippen molar-refractivity contribution in [1.29, 1.82) is 0 Å². The van der Waals surface area contributed by atoms with Gasteiger partial charge in [-0.3, -0.25) is 14.9 Å². The van der Waals surface area contributed by atoms with E-state index in [-0.39, 0.29) is 0 Å². The maximum Gasteiger partial charge on any atom is 0.0902 e. The fourth-order valence-corrected chi connectivity index (χ4v) is 2.38. The molecule has 4 nitrogen and oxygen atoms in total. The van der Waals surface area contributed by atoms with Crippen LogP contribution in [0, 0.1) is 5.41 Å². The molecule has 0 aromatic heterocycles. The van der Waals surface area contributed by atoms with Crippen molar-refractivity contribution >= 4 is 13.4 Å². The molecule has 2 fully saturated rings. The molecule has 0 bridgehead atoms. The van der Waals surface area contributed by atoms with Crippen LogP contribution in [-0.2, 0) is 0 Å². The molecule has 2 heterocycles. The van der Waals surface area contributed by atoms with E-state index in [1.165, 1.54) is 6.42 Å². The van der Waals surface area contributed by atoms with Gasteiger partial charge in [-0.15, -0.1) is 0 Å². The van der Waals surface area contributed by atoms with E-state index in [9.17, 15) is 0 Å². The largest absolute Gasteiger partial charge is 0.296 e. The Morgan fingerprint density at radius 1 is 1.23 bits per heavy atom. The summed E-state index contributed by atoms with van der Waals surface area (Å²) >= 11 is 0. The molecule has 0 amide bonds. The summed E-state index contributed by atoms with van der Waals surface area (Å²) in [7, 11) is 0. The number of hydrogen-bond acceptors (Lipinski definition) is 4. The highest BCUT2D eigenvalue weighted by Crippen LogP contribution is 2.39. The zero-order valence-electron chi connectivity index (χ0n) is 7.95. The average molecular weight is 180 g/mol. The lowest BCUT2D eigenvalue weighted by Gasteiger charge is -2.46. The van der Waals surface area contributed by atoms with Gasteiger partial charge in [0.05, 0.1) is 6.67 Å². The number of likely N-dealkylation sites (tertiary alicyclic amines) is 1. The zero-order chi connectivity index (χ0) is 9.31. The zero-order valence-corrected chi connectivity index (χ0v) is 7.95. The molecule has 2 aliphatic rings. The minimum Gasteiger partial charge on any atom is -0.296 e. The van der Waals surface area contributed by atoms with Crippen molar-refractivity contribution < 1.29 is 0 Å². The number of rotatable bonds is 3. The van der Waals surface area contributed by atoms with Gasteiger partial charge in [0.15, 0.2) is 0 Å². The summed E-state index contributed by atoms with van der Waals surface area (Å²) in [6, 6.07) is 0. The van der Waals surface area contributed by atoms with Gasteiger partial charge in [0, 0.05) is 38.3 Å². The number of nitrogens with zero attached hydrogens (tertiary/aromatic N) is 4. The van der Waals surface area contributed by atoms with Gasteiger partial charge in [0.2, 0.25) is 0 Å². The van der Waals surface area contributed by atoms with Crippen LogP contribution in [0.15, 0.2) is 10.1 Å². The standard InChI is InChI=1S/C9H16N4/c1-10-8-12-4-3-9(5-12)6-13(7-9)11-2/h1-8H2. The molecule has 0 N–H and O–H groups in total. The summed E-state index contributed by atoms with van der Waals surface area (Å²) in [6.07, 6.45) is 1.27. The van der Waals surface area contributed by atoms with Crippen molar-refractivity contribution in [3.05, 3.63) is 0 Å². The first-order valence-corrected chi connectivity index (χ1v) is 4.64. The van der Waals surface area contributed by atoms with Crippen LogP contribution < -0.4 is 0 Å². The van der Waals surface area contributed by atoms with Crippen molar-refractivity contribution in [3.63, 3.8) is 0 Å². The molecule has 0 atom stereocenters. The fraction of sp³-hybridized carbons (Fsp3) is 0.778. The lowest BCUT2D eigenvalue weighted by Crippen LogP contribution is -2.54. The maximum atomic E-state index is 3.91. The Bertz CT molecular complexity index is 220. The monoisotopic (exact) mass is 180 g/mol. The molecule has 0 radical (unpaired) electrons. The van der Waals surface area contributed by atoms with E-state index in [0.717, 1.165) is 32.8 Å². The summed E-state index contributed by atoms with van der Waals surface area (Å²) < 4.78 is 0. The lowest BCUT2D eigenvalue weighted by molar-refractivity contribution is 0.0120. The second-order valence-corrected chi connectivity index (χ2v) is 4.13. The Morgan fingerprint density at radius 2 is 2.00 bits per heavy atom. The van der Waals surface area contributed by atoms with Crippen molar-refractivity contribution in [2.24, 2.45) is 15.5 Å². The molecule has 1 spiro atoms. The molecule has 0 unspecified atom stereocenters. The second-order valence-electron chi connectivity index (χ2n) is 4.13.